The van der Waals surface area contributed by atoms with Crippen LogP contribution < -0.4 is 10.9 Å². The number of anilines is 1. The quantitative estimate of drug-likeness (QED) is 0.345. The molecule has 28 heavy (non-hydrogen) atoms. The Morgan fingerprint density at radius 2 is 2.21 bits per heavy atom. The van der Waals surface area contributed by atoms with Crippen LogP contribution in [0.25, 0.3) is 10.2 Å². The van der Waals surface area contributed by atoms with E-state index in [-0.39, 0.29) is 17.2 Å². The van der Waals surface area contributed by atoms with Gasteiger partial charge in [0, 0.05) is 23.2 Å². The highest BCUT2D eigenvalue weighted by molar-refractivity contribution is 7.99. The molecule has 0 aliphatic rings. The number of carbonyl (C=O) groups excluding carboxylic acids is 1. The van der Waals surface area contributed by atoms with E-state index in [0.29, 0.717) is 27.7 Å². The number of hydrogen-bond acceptors (Lipinski definition) is 7. The van der Waals surface area contributed by atoms with E-state index >= 15 is 0 Å². The Balaban J connectivity index is 1.53. The molecule has 0 bridgehead atoms. The van der Waals surface area contributed by atoms with Crippen LogP contribution in [0.5, 0.6) is 0 Å². The minimum absolute atomic E-state index is 0.0533. The molecule has 0 spiro atoms. The summed E-state index contributed by atoms with van der Waals surface area (Å²) in [4.78, 5) is 31.0. The Labute approximate surface area is 172 Å². The second-order valence-electron chi connectivity index (χ2n) is 6.09. The number of fused-ring (bicyclic) bond motifs is 1. The Bertz CT molecular complexity index is 1160. The molecule has 0 saturated carbocycles. The van der Waals surface area contributed by atoms with Crippen molar-refractivity contribution in [1.82, 2.24) is 19.7 Å². The van der Waals surface area contributed by atoms with Gasteiger partial charge in [0.1, 0.15) is 4.70 Å². The molecule has 0 radical (unpaired) electrons. The van der Waals surface area contributed by atoms with Gasteiger partial charge in [-0.3, -0.25) is 19.3 Å². The van der Waals surface area contributed by atoms with Crippen molar-refractivity contribution in [2.24, 2.45) is 0 Å². The smallest absolute Gasteiger partial charge is 0.272 e. The second-order valence-corrected chi connectivity index (χ2v) is 8.98. The van der Waals surface area contributed by atoms with Gasteiger partial charge in [0.05, 0.1) is 11.3 Å². The Hall–Kier alpha value is -2.43. The lowest BCUT2D eigenvalue weighted by molar-refractivity contribution is -0.113. The number of thiophene rings is 2. The average Bonchev–Trinajstić information content (AvgIpc) is 3.41. The van der Waals surface area contributed by atoms with Gasteiger partial charge in [-0.15, -0.1) is 22.7 Å². The third-order valence-electron chi connectivity index (χ3n) is 4.00. The molecule has 0 atom stereocenters. The van der Waals surface area contributed by atoms with E-state index in [4.69, 9.17) is 0 Å². The van der Waals surface area contributed by atoms with Crippen molar-refractivity contribution in [3.8, 4) is 0 Å². The topological polar surface area (TPSA) is 92.7 Å². The van der Waals surface area contributed by atoms with Gasteiger partial charge in [-0.2, -0.15) is 5.10 Å². The SMILES string of the molecule is Cc1cc(NC(=O)CSc2nc3ccsc3c(=O)n2CCc2cccs2)n[nH]1. The number of rotatable bonds is 7. The third-order valence-corrected chi connectivity index (χ3v) is 6.80. The minimum atomic E-state index is -0.194. The Kier molecular flexibility index (Phi) is 5.60. The maximum Gasteiger partial charge on any atom is 0.272 e. The van der Waals surface area contributed by atoms with Crippen LogP contribution in [0.2, 0.25) is 0 Å². The number of nitrogens with one attached hydrogen (secondary N) is 2. The van der Waals surface area contributed by atoms with E-state index < -0.39 is 0 Å². The predicted molar refractivity (Wildman–Crippen MR) is 115 cm³/mol. The van der Waals surface area contributed by atoms with Gasteiger partial charge in [-0.25, -0.2) is 4.98 Å². The molecule has 0 fully saturated rings. The van der Waals surface area contributed by atoms with E-state index in [9.17, 15) is 9.59 Å². The Morgan fingerprint density at radius 3 is 2.96 bits per heavy atom. The summed E-state index contributed by atoms with van der Waals surface area (Å²) in [5.74, 6) is 0.438. The molecule has 10 heteroatoms. The van der Waals surface area contributed by atoms with Gasteiger partial charge in [0.15, 0.2) is 11.0 Å². The normalized spacial score (nSPS) is 11.2. The van der Waals surface area contributed by atoms with Gasteiger partial charge in [0.2, 0.25) is 5.91 Å². The summed E-state index contributed by atoms with van der Waals surface area (Å²) in [6.45, 7) is 2.40. The number of aryl methyl sites for hydroxylation is 2. The summed E-state index contributed by atoms with van der Waals surface area (Å²) in [6, 6.07) is 7.65. The molecule has 1 amide bonds. The first-order chi connectivity index (χ1) is 13.6. The molecule has 4 aromatic heterocycles. The zero-order valence-corrected chi connectivity index (χ0v) is 17.4. The first kappa shape index (κ1) is 18.9. The molecule has 7 nitrogen and oxygen atoms in total. The minimum Gasteiger partial charge on any atom is -0.308 e. The molecular weight excluding hydrogens is 414 g/mol. The number of nitrogens with zero attached hydrogens (tertiary/aromatic N) is 3. The van der Waals surface area contributed by atoms with Crippen LogP contribution in [0.15, 0.2) is 45.0 Å². The molecular formula is C18H17N5O2S3. The molecule has 2 N–H and O–H groups in total. The monoisotopic (exact) mass is 431 g/mol. The van der Waals surface area contributed by atoms with Crippen LogP contribution in [-0.4, -0.2) is 31.4 Å². The van der Waals surface area contributed by atoms with Crippen LogP contribution in [0.3, 0.4) is 0 Å². The number of H-pyrrole nitrogens is 1. The zero-order valence-electron chi connectivity index (χ0n) is 15.0. The van der Waals surface area contributed by atoms with E-state index in [1.165, 1.54) is 28.0 Å². The first-order valence-electron chi connectivity index (χ1n) is 8.55. The van der Waals surface area contributed by atoms with Crippen LogP contribution >= 0.6 is 34.4 Å². The first-order valence-corrected chi connectivity index (χ1v) is 11.3. The summed E-state index contributed by atoms with van der Waals surface area (Å²) in [5.41, 5.74) is 1.49. The molecule has 144 valence electrons. The number of hydrogen-bond donors (Lipinski definition) is 2. The fraction of sp³-hybridized carbons (Fsp3) is 0.222. The van der Waals surface area contributed by atoms with Gasteiger partial charge in [0.25, 0.3) is 5.56 Å². The number of thioether (sulfide) groups is 1. The number of aromatic nitrogens is 4. The molecule has 0 aliphatic carbocycles. The summed E-state index contributed by atoms with van der Waals surface area (Å²) >= 11 is 4.32. The highest BCUT2D eigenvalue weighted by Gasteiger charge is 2.15. The van der Waals surface area contributed by atoms with E-state index in [2.05, 4.69) is 26.6 Å². The lowest BCUT2D eigenvalue weighted by Crippen LogP contribution is -2.24. The second kappa shape index (κ2) is 8.29. The van der Waals surface area contributed by atoms with Crippen LogP contribution in [0, 0.1) is 6.92 Å². The average molecular weight is 432 g/mol. The largest absolute Gasteiger partial charge is 0.308 e. The van der Waals surface area contributed by atoms with E-state index in [1.807, 2.05) is 29.8 Å². The molecule has 0 saturated heterocycles. The summed E-state index contributed by atoms with van der Waals surface area (Å²) < 4.78 is 2.32. The predicted octanol–water partition coefficient (Wildman–Crippen LogP) is 3.52. The van der Waals surface area contributed by atoms with Crippen LogP contribution in [0.4, 0.5) is 5.82 Å². The van der Waals surface area contributed by atoms with Gasteiger partial charge in [-0.1, -0.05) is 17.8 Å². The van der Waals surface area contributed by atoms with E-state index in [0.717, 1.165) is 12.1 Å². The number of amides is 1. The van der Waals surface area contributed by atoms with Gasteiger partial charge < -0.3 is 5.32 Å². The lowest BCUT2D eigenvalue weighted by Gasteiger charge is -2.11. The van der Waals surface area contributed by atoms with Crippen LogP contribution in [0.1, 0.15) is 10.6 Å². The molecule has 0 aliphatic heterocycles. The Morgan fingerprint density at radius 1 is 1.32 bits per heavy atom. The highest BCUT2D eigenvalue weighted by atomic mass is 32.2. The molecule has 0 unspecified atom stereocenters. The summed E-state index contributed by atoms with van der Waals surface area (Å²) in [5, 5.41) is 14.0. The van der Waals surface area contributed by atoms with Crippen molar-refractivity contribution in [2.75, 3.05) is 11.1 Å². The van der Waals surface area contributed by atoms with Crippen molar-refractivity contribution in [2.45, 2.75) is 25.0 Å². The van der Waals surface area contributed by atoms with Crippen molar-refractivity contribution in [3.63, 3.8) is 0 Å². The molecule has 4 heterocycles. The number of aromatic amines is 1. The zero-order chi connectivity index (χ0) is 19.5. The fourth-order valence-corrected chi connectivity index (χ4v) is 5.00. The van der Waals surface area contributed by atoms with Crippen molar-refractivity contribution in [3.05, 3.63) is 56.0 Å². The summed E-state index contributed by atoms with van der Waals surface area (Å²) in [7, 11) is 0. The summed E-state index contributed by atoms with van der Waals surface area (Å²) in [6.07, 6.45) is 0.752. The fourth-order valence-electron chi connectivity index (χ4n) is 2.70. The maximum atomic E-state index is 12.9. The molecule has 0 aromatic carbocycles. The van der Waals surface area contributed by atoms with Crippen LogP contribution in [-0.2, 0) is 17.8 Å². The standard InChI is InChI=1S/C18H17N5O2S3/c1-11-9-14(22-21-11)20-15(24)10-28-18-19-13-5-8-27-16(13)17(25)23(18)6-4-12-3-2-7-26-12/h2-3,5,7-9H,4,6,10H2,1H3,(H2,20,21,22,24). The highest BCUT2D eigenvalue weighted by Crippen LogP contribution is 2.22. The number of carbonyl (C=O) groups is 1. The van der Waals surface area contributed by atoms with Crippen molar-refractivity contribution < 1.29 is 4.79 Å². The van der Waals surface area contributed by atoms with Gasteiger partial charge in [-0.05, 0) is 36.2 Å². The van der Waals surface area contributed by atoms with Crippen molar-refractivity contribution >= 4 is 56.4 Å². The maximum absolute atomic E-state index is 12.9. The van der Waals surface area contributed by atoms with Crippen molar-refractivity contribution in [1.29, 1.82) is 0 Å². The third kappa shape index (κ3) is 4.18. The molecule has 4 aromatic rings. The van der Waals surface area contributed by atoms with E-state index in [1.54, 1.807) is 22.0 Å². The lowest BCUT2D eigenvalue weighted by atomic mass is 10.3. The molecule has 4 rings (SSSR count). The van der Waals surface area contributed by atoms with Gasteiger partial charge >= 0.3 is 0 Å².